The molecular formula is C21H17BrClN3O3S. The third kappa shape index (κ3) is 3.73. The lowest BCUT2D eigenvalue weighted by atomic mass is 9.86. The minimum atomic E-state index is -0.394. The molecule has 0 aliphatic carbocycles. The Morgan fingerprint density at radius 3 is 2.73 bits per heavy atom. The lowest BCUT2D eigenvalue weighted by Crippen LogP contribution is -2.47. The van der Waals surface area contributed by atoms with E-state index in [-0.39, 0.29) is 18.1 Å². The molecule has 1 atom stereocenters. The van der Waals surface area contributed by atoms with Crippen molar-refractivity contribution in [3.8, 4) is 17.6 Å². The summed E-state index contributed by atoms with van der Waals surface area (Å²) in [5.41, 5.74) is 2.26. The van der Waals surface area contributed by atoms with Gasteiger partial charge < -0.3 is 14.7 Å². The van der Waals surface area contributed by atoms with Gasteiger partial charge in [0.15, 0.2) is 11.5 Å². The maximum absolute atomic E-state index is 13.0. The molecule has 4 rings (SSSR count). The number of halogens is 2. The second kappa shape index (κ2) is 8.42. The zero-order valence-electron chi connectivity index (χ0n) is 15.9. The molecule has 1 fully saturated rings. The summed E-state index contributed by atoms with van der Waals surface area (Å²) in [6.07, 6.45) is 0.168. The smallest absolute Gasteiger partial charge is 0.229 e. The number of carbonyl (C=O) groups excluding carboxylic acids is 1. The van der Waals surface area contributed by atoms with Gasteiger partial charge in [-0.15, -0.1) is 0 Å². The fourth-order valence-electron chi connectivity index (χ4n) is 3.61. The van der Waals surface area contributed by atoms with Gasteiger partial charge in [-0.2, -0.15) is 5.26 Å². The van der Waals surface area contributed by atoms with E-state index >= 15 is 0 Å². The van der Waals surface area contributed by atoms with E-state index in [1.54, 1.807) is 17.0 Å². The first kappa shape index (κ1) is 20.9. The van der Waals surface area contributed by atoms with E-state index in [9.17, 15) is 15.2 Å². The Morgan fingerprint density at radius 1 is 1.33 bits per heavy atom. The summed E-state index contributed by atoms with van der Waals surface area (Å²) in [5.74, 6) is 0.447. The van der Waals surface area contributed by atoms with Crippen molar-refractivity contribution in [2.75, 3.05) is 24.6 Å². The number of phenolic OH excluding ortho intramolecular Hbond substituents is 1. The number of carbonyl (C=O) groups is 1. The van der Waals surface area contributed by atoms with E-state index in [1.165, 1.54) is 18.9 Å². The number of anilines is 1. The number of fused-ring (bicyclic) bond motifs is 1. The molecule has 0 bridgehead atoms. The number of methoxy groups -OCH3 is 1. The highest BCUT2D eigenvalue weighted by Gasteiger charge is 2.38. The number of phenols is 1. The maximum Gasteiger partial charge on any atom is 0.229 e. The average Bonchev–Trinajstić information content (AvgIpc) is 2.76. The second-order valence-corrected chi connectivity index (χ2v) is 9.12. The van der Waals surface area contributed by atoms with Gasteiger partial charge in [-0.1, -0.05) is 23.4 Å². The van der Waals surface area contributed by atoms with Gasteiger partial charge in [0.2, 0.25) is 5.91 Å². The molecule has 9 heteroatoms. The van der Waals surface area contributed by atoms with Crippen LogP contribution in [0.2, 0.25) is 5.02 Å². The number of hydrogen-bond acceptors (Lipinski definition) is 6. The molecule has 30 heavy (non-hydrogen) atoms. The van der Waals surface area contributed by atoms with Crippen LogP contribution in [0.4, 0.5) is 5.69 Å². The van der Waals surface area contributed by atoms with Crippen LogP contribution in [0.25, 0.3) is 0 Å². The molecule has 6 nitrogen and oxygen atoms in total. The molecule has 2 aliphatic rings. The minimum Gasteiger partial charge on any atom is -0.503 e. The highest BCUT2D eigenvalue weighted by Crippen LogP contribution is 2.46. The molecule has 2 heterocycles. The van der Waals surface area contributed by atoms with Gasteiger partial charge in [-0.05, 0) is 57.9 Å². The van der Waals surface area contributed by atoms with E-state index in [2.05, 4.69) is 26.9 Å². The molecule has 154 valence electrons. The lowest BCUT2D eigenvalue weighted by Gasteiger charge is -2.42. The van der Waals surface area contributed by atoms with Crippen LogP contribution in [0.3, 0.4) is 0 Å². The van der Waals surface area contributed by atoms with Crippen LogP contribution >= 0.6 is 39.3 Å². The number of hydrogen-bond donors (Lipinski definition) is 1. The van der Waals surface area contributed by atoms with Crippen LogP contribution in [-0.4, -0.2) is 35.6 Å². The number of aromatic hydroxyl groups is 1. The van der Waals surface area contributed by atoms with Crippen LogP contribution in [-0.2, 0) is 4.79 Å². The number of benzene rings is 2. The third-order valence-electron chi connectivity index (χ3n) is 5.16. The van der Waals surface area contributed by atoms with E-state index in [1.807, 2.05) is 24.3 Å². The van der Waals surface area contributed by atoms with Crippen LogP contribution < -0.4 is 9.64 Å². The van der Waals surface area contributed by atoms with Crippen molar-refractivity contribution in [2.24, 2.45) is 0 Å². The molecule has 2 aromatic rings. The number of ether oxygens (including phenoxy) is 1. The maximum atomic E-state index is 13.0. The molecule has 2 aliphatic heterocycles. The molecule has 1 amide bonds. The van der Waals surface area contributed by atoms with E-state index in [0.717, 1.165) is 11.3 Å². The van der Waals surface area contributed by atoms with Gasteiger partial charge in [-0.25, -0.2) is 0 Å². The van der Waals surface area contributed by atoms with Crippen molar-refractivity contribution in [2.45, 2.75) is 12.3 Å². The Hall–Kier alpha value is -2.34. The van der Waals surface area contributed by atoms with Crippen molar-refractivity contribution in [1.82, 2.24) is 4.90 Å². The zero-order chi connectivity index (χ0) is 21.4. The van der Waals surface area contributed by atoms with Crippen LogP contribution in [0.15, 0.2) is 51.5 Å². The largest absolute Gasteiger partial charge is 0.503 e. The first-order valence-electron chi connectivity index (χ1n) is 9.07. The third-order valence-corrected chi connectivity index (χ3v) is 7.17. The Balaban J connectivity index is 1.69. The Bertz CT molecular complexity index is 1080. The molecule has 1 N–H and O–H groups in total. The van der Waals surface area contributed by atoms with E-state index in [0.29, 0.717) is 38.4 Å². The van der Waals surface area contributed by atoms with Gasteiger partial charge in [-0.3, -0.25) is 9.69 Å². The molecule has 0 spiro atoms. The number of nitriles is 1. The van der Waals surface area contributed by atoms with Crippen molar-refractivity contribution >= 4 is 50.9 Å². The molecule has 0 aromatic heterocycles. The monoisotopic (exact) mass is 505 g/mol. The Labute approximate surface area is 191 Å². The van der Waals surface area contributed by atoms with Crippen LogP contribution in [0.1, 0.15) is 17.9 Å². The lowest BCUT2D eigenvalue weighted by molar-refractivity contribution is -0.129. The average molecular weight is 507 g/mol. The fourth-order valence-corrected chi connectivity index (χ4v) is 5.37. The molecule has 0 saturated carbocycles. The van der Waals surface area contributed by atoms with Gasteiger partial charge in [0.1, 0.15) is 0 Å². The molecule has 0 radical (unpaired) electrons. The number of amides is 1. The second-order valence-electron chi connectivity index (χ2n) is 6.89. The Kier molecular flexibility index (Phi) is 5.87. The molecule has 1 saturated heterocycles. The van der Waals surface area contributed by atoms with Crippen LogP contribution in [0.5, 0.6) is 11.5 Å². The first-order valence-corrected chi connectivity index (χ1v) is 11.2. The molecule has 1 unspecified atom stereocenters. The molecular weight excluding hydrogens is 490 g/mol. The van der Waals surface area contributed by atoms with Crippen LogP contribution in [0, 0.1) is 11.3 Å². The van der Waals surface area contributed by atoms with Gasteiger partial charge in [0.25, 0.3) is 0 Å². The SMILES string of the molecule is COc1cc(C2CC(=O)N3CN(c4ccc(Cl)cc4)CSC3=C2C#N)cc(Br)c1O. The zero-order valence-corrected chi connectivity index (χ0v) is 19.1. The summed E-state index contributed by atoms with van der Waals surface area (Å²) in [5, 5.41) is 21.4. The quantitative estimate of drug-likeness (QED) is 0.629. The van der Waals surface area contributed by atoms with Crippen molar-refractivity contribution in [3.63, 3.8) is 0 Å². The van der Waals surface area contributed by atoms with Gasteiger partial charge in [0, 0.05) is 23.0 Å². The summed E-state index contributed by atoms with van der Waals surface area (Å²) < 4.78 is 5.69. The number of nitrogens with zero attached hydrogens (tertiary/aromatic N) is 3. The van der Waals surface area contributed by atoms with Crippen molar-refractivity contribution in [3.05, 3.63) is 62.1 Å². The van der Waals surface area contributed by atoms with Gasteiger partial charge in [0.05, 0.1) is 40.8 Å². The summed E-state index contributed by atoms with van der Waals surface area (Å²) >= 11 is 10.8. The predicted octanol–water partition coefficient (Wildman–Crippen LogP) is 5.04. The summed E-state index contributed by atoms with van der Waals surface area (Å²) in [6, 6.07) is 13.2. The van der Waals surface area contributed by atoms with Gasteiger partial charge >= 0.3 is 0 Å². The number of allylic oxidation sites excluding steroid dienone is 1. The predicted molar refractivity (Wildman–Crippen MR) is 120 cm³/mol. The Morgan fingerprint density at radius 2 is 2.07 bits per heavy atom. The fraction of sp³-hybridized carbons (Fsp3) is 0.238. The van der Waals surface area contributed by atoms with Crippen molar-refractivity contribution in [1.29, 1.82) is 5.26 Å². The highest BCUT2D eigenvalue weighted by molar-refractivity contribution is 9.10. The molecule has 2 aromatic carbocycles. The van der Waals surface area contributed by atoms with Crippen molar-refractivity contribution < 1.29 is 14.6 Å². The minimum absolute atomic E-state index is 0.0122. The summed E-state index contributed by atoms with van der Waals surface area (Å²) in [6.45, 7) is 0.378. The summed E-state index contributed by atoms with van der Waals surface area (Å²) in [4.78, 5) is 16.8. The van der Waals surface area contributed by atoms with E-state index < -0.39 is 5.92 Å². The number of rotatable bonds is 3. The topological polar surface area (TPSA) is 76.8 Å². The normalized spacial score (nSPS) is 18.9. The number of thioether (sulfide) groups is 1. The highest BCUT2D eigenvalue weighted by atomic mass is 79.9. The summed E-state index contributed by atoms with van der Waals surface area (Å²) in [7, 11) is 1.46. The van der Waals surface area contributed by atoms with E-state index in [4.69, 9.17) is 16.3 Å². The standard InChI is InChI=1S/C21H17BrClN3O3S/c1-29-18-7-12(6-17(22)20(18)28)15-8-19(27)26-10-25(11-30-21(26)16(15)9-24)14-4-2-13(23)3-5-14/h2-7,15,28H,8,10-11H2,1H3. The first-order chi connectivity index (χ1) is 14.4.